The van der Waals surface area contributed by atoms with Crippen LogP contribution in [0, 0.1) is 0 Å². The number of aromatic nitrogens is 2. The van der Waals surface area contributed by atoms with Gasteiger partial charge >= 0.3 is 0 Å². The first-order chi connectivity index (χ1) is 16.2. The average Bonchev–Trinajstić information content (AvgIpc) is 3.57. The Labute approximate surface area is 195 Å². The van der Waals surface area contributed by atoms with E-state index in [1.165, 1.54) is 12.8 Å². The number of carbonyl (C=O) groups is 1. The zero-order valence-electron chi connectivity index (χ0n) is 19.1. The molecule has 2 aromatic carbocycles. The van der Waals surface area contributed by atoms with E-state index in [-0.39, 0.29) is 11.9 Å². The number of methoxy groups -OCH3 is 1. The Balaban J connectivity index is 1.39. The van der Waals surface area contributed by atoms with Crippen molar-refractivity contribution >= 4 is 5.91 Å². The molecule has 0 saturated carbocycles. The van der Waals surface area contributed by atoms with Gasteiger partial charge in [-0.2, -0.15) is 0 Å². The Morgan fingerprint density at radius 2 is 1.79 bits per heavy atom. The molecule has 2 aliphatic rings. The van der Waals surface area contributed by atoms with Crippen molar-refractivity contribution in [2.75, 3.05) is 26.7 Å². The standard InChI is InChI=1S/C27H30N4O2/c1-33-22-12-10-20(11-13-22)26-28-15-14-24(29-26)25-9-6-18-31(25)27(32)23-8-3-2-7-21(23)19-30-16-4-5-17-30/h2-3,7-8,10-15,25H,4-6,9,16-19H2,1H3/t25-/m1/s1. The molecule has 33 heavy (non-hydrogen) atoms. The minimum absolute atomic E-state index is 0.0302. The Bertz CT molecular complexity index is 1110. The molecule has 0 aliphatic carbocycles. The Morgan fingerprint density at radius 1 is 1.00 bits per heavy atom. The van der Waals surface area contributed by atoms with Crippen LogP contribution < -0.4 is 4.74 Å². The SMILES string of the molecule is COc1ccc(-c2nccc([C@H]3CCCN3C(=O)c3ccccc3CN3CCCC3)n2)cc1. The van der Waals surface area contributed by atoms with Gasteiger partial charge < -0.3 is 9.64 Å². The van der Waals surface area contributed by atoms with Gasteiger partial charge in [0.25, 0.3) is 5.91 Å². The van der Waals surface area contributed by atoms with Crippen LogP contribution in [-0.2, 0) is 6.54 Å². The molecule has 1 amide bonds. The zero-order chi connectivity index (χ0) is 22.6. The Morgan fingerprint density at radius 3 is 2.58 bits per heavy atom. The summed E-state index contributed by atoms with van der Waals surface area (Å²) in [6.45, 7) is 3.83. The van der Waals surface area contributed by atoms with E-state index in [2.05, 4.69) is 16.0 Å². The maximum Gasteiger partial charge on any atom is 0.254 e. The molecular weight excluding hydrogens is 412 g/mol. The van der Waals surface area contributed by atoms with Crippen LogP contribution >= 0.6 is 0 Å². The van der Waals surface area contributed by atoms with E-state index >= 15 is 0 Å². The molecule has 3 heterocycles. The molecule has 3 aromatic rings. The van der Waals surface area contributed by atoms with Crippen LogP contribution in [0.25, 0.3) is 11.4 Å². The van der Waals surface area contributed by atoms with E-state index in [1.54, 1.807) is 13.3 Å². The molecule has 2 aliphatic heterocycles. The molecule has 0 N–H and O–H groups in total. The zero-order valence-corrected chi connectivity index (χ0v) is 19.1. The molecule has 6 nitrogen and oxygen atoms in total. The fourth-order valence-corrected chi connectivity index (χ4v) is 4.96. The predicted octanol–water partition coefficient (Wildman–Crippen LogP) is 4.73. The summed E-state index contributed by atoms with van der Waals surface area (Å²) in [4.78, 5) is 27.5. The fourth-order valence-electron chi connectivity index (χ4n) is 4.96. The van der Waals surface area contributed by atoms with Crippen molar-refractivity contribution in [3.63, 3.8) is 0 Å². The summed E-state index contributed by atoms with van der Waals surface area (Å²) in [5, 5.41) is 0. The van der Waals surface area contributed by atoms with Gasteiger partial charge in [-0.1, -0.05) is 18.2 Å². The third-order valence-electron chi connectivity index (χ3n) is 6.72. The number of likely N-dealkylation sites (tertiary alicyclic amines) is 2. The number of benzene rings is 2. The number of rotatable bonds is 6. The van der Waals surface area contributed by atoms with Gasteiger partial charge in [-0.05, 0) is 80.7 Å². The van der Waals surface area contributed by atoms with E-state index in [9.17, 15) is 4.79 Å². The minimum atomic E-state index is -0.0302. The summed E-state index contributed by atoms with van der Waals surface area (Å²) in [5.74, 6) is 1.58. The first-order valence-corrected chi connectivity index (χ1v) is 11.8. The molecule has 0 unspecified atom stereocenters. The molecule has 1 atom stereocenters. The van der Waals surface area contributed by atoms with E-state index in [4.69, 9.17) is 9.72 Å². The lowest BCUT2D eigenvalue weighted by molar-refractivity contribution is 0.0730. The summed E-state index contributed by atoms with van der Waals surface area (Å²) in [7, 11) is 1.65. The molecule has 170 valence electrons. The highest BCUT2D eigenvalue weighted by Crippen LogP contribution is 2.33. The van der Waals surface area contributed by atoms with Crippen LogP contribution in [0.15, 0.2) is 60.8 Å². The van der Waals surface area contributed by atoms with Crippen LogP contribution in [-0.4, -0.2) is 52.4 Å². The van der Waals surface area contributed by atoms with Gasteiger partial charge in [0, 0.05) is 30.4 Å². The van der Waals surface area contributed by atoms with Crippen molar-refractivity contribution in [2.45, 2.75) is 38.3 Å². The van der Waals surface area contributed by atoms with E-state index in [0.29, 0.717) is 5.82 Å². The lowest BCUT2D eigenvalue weighted by Gasteiger charge is -2.26. The van der Waals surface area contributed by atoms with Crippen molar-refractivity contribution in [3.8, 4) is 17.1 Å². The normalized spacial score (nSPS) is 18.6. The van der Waals surface area contributed by atoms with Crippen LogP contribution in [0.4, 0.5) is 0 Å². The lowest BCUT2D eigenvalue weighted by Crippen LogP contribution is -2.32. The molecule has 2 fully saturated rings. The third-order valence-corrected chi connectivity index (χ3v) is 6.72. The van der Waals surface area contributed by atoms with Crippen molar-refractivity contribution in [1.82, 2.24) is 19.8 Å². The number of hydrogen-bond donors (Lipinski definition) is 0. The lowest BCUT2D eigenvalue weighted by atomic mass is 10.0. The highest BCUT2D eigenvalue weighted by molar-refractivity contribution is 5.96. The Kier molecular flexibility index (Phi) is 6.35. The van der Waals surface area contributed by atoms with Gasteiger partial charge in [-0.15, -0.1) is 0 Å². The number of hydrogen-bond acceptors (Lipinski definition) is 5. The first-order valence-electron chi connectivity index (χ1n) is 11.8. The highest BCUT2D eigenvalue weighted by Gasteiger charge is 2.33. The topological polar surface area (TPSA) is 58.6 Å². The van der Waals surface area contributed by atoms with Crippen molar-refractivity contribution < 1.29 is 9.53 Å². The van der Waals surface area contributed by atoms with Gasteiger partial charge in [0.15, 0.2) is 5.82 Å². The number of ether oxygens (including phenoxy) is 1. The quantitative estimate of drug-likeness (QED) is 0.553. The average molecular weight is 443 g/mol. The second-order valence-electron chi connectivity index (χ2n) is 8.83. The second kappa shape index (κ2) is 9.71. The maximum atomic E-state index is 13.7. The highest BCUT2D eigenvalue weighted by atomic mass is 16.5. The molecule has 6 heteroatoms. The smallest absolute Gasteiger partial charge is 0.254 e. The van der Waals surface area contributed by atoms with Gasteiger partial charge in [-0.3, -0.25) is 9.69 Å². The van der Waals surface area contributed by atoms with E-state index in [1.807, 2.05) is 53.4 Å². The number of amides is 1. The van der Waals surface area contributed by atoms with Crippen LogP contribution in [0.2, 0.25) is 0 Å². The summed E-state index contributed by atoms with van der Waals surface area (Å²) < 4.78 is 5.26. The van der Waals surface area contributed by atoms with Crippen molar-refractivity contribution in [3.05, 3.63) is 77.6 Å². The maximum absolute atomic E-state index is 13.7. The van der Waals surface area contributed by atoms with Crippen LogP contribution in [0.3, 0.4) is 0 Å². The predicted molar refractivity (Wildman–Crippen MR) is 128 cm³/mol. The molecule has 5 rings (SSSR count). The molecular formula is C27H30N4O2. The van der Waals surface area contributed by atoms with Gasteiger partial charge in [0.2, 0.25) is 0 Å². The molecule has 0 bridgehead atoms. The van der Waals surface area contributed by atoms with Crippen molar-refractivity contribution in [2.24, 2.45) is 0 Å². The van der Waals surface area contributed by atoms with Crippen LogP contribution in [0.1, 0.15) is 53.3 Å². The largest absolute Gasteiger partial charge is 0.497 e. The third kappa shape index (κ3) is 4.62. The number of nitrogens with zero attached hydrogens (tertiary/aromatic N) is 4. The molecule has 2 saturated heterocycles. The second-order valence-corrected chi connectivity index (χ2v) is 8.83. The van der Waals surface area contributed by atoms with Crippen LogP contribution in [0.5, 0.6) is 5.75 Å². The molecule has 1 aromatic heterocycles. The molecule has 0 spiro atoms. The number of carbonyl (C=O) groups excluding carboxylic acids is 1. The van der Waals surface area contributed by atoms with E-state index < -0.39 is 0 Å². The summed E-state index contributed by atoms with van der Waals surface area (Å²) in [6, 6.07) is 17.7. The summed E-state index contributed by atoms with van der Waals surface area (Å²) >= 11 is 0. The van der Waals surface area contributed by atoms with Gasteiger partial charge in [0.1, 0.15) is 5.75 Å². The molecule has 0 radical (unpaired) electrons. The minimum Gasteiger partial charge on any atom is -0.497 e. The Hall–Kier alpha value is -3.25. The fraction of sp³-hybridized carbons (Fsp3) is 0.370. The summed E-state index contributed by atoms with van der Waals surface area (Å²) in [6.07, 6.45) is 6.18. The van der Waals surface area contributed by atoms with E-state index in [0.717, 1.165) is 67.2 Å². The van der Waals surface area contributed by atoms with Gasteiger partial charge in [0.05, 0.1) is 18.8 Å². The first kappa shape index (κ1) is 21.6. The van der Waals surface area contributed by atoms with Gasteiger partial charge in [-0.25, -0.2) is 9.97 Å². The van der Waals surface area contributed by atoms with Crippen molar-refractivity contribution in [1.29, 1.82) is 0 Å². The monoisotopic (exact) mass is 442 g/mol. The summed E-state index contributed by atoms with van der Waals surface area (Å²) in [5.41, 5.74) is 3.78.